The largest absolute Gasteiger partial charge is 0.481 e. The number of benzene rings is 1. The number of fused-ring (bicyclic) bond motifs is 1. The third kappa shape index (κ3) is 3.44. The Bertz CT molecular complexity index is 853. The van der Waals surface area contributed by atoms with E-state index in [4.69, 9.17) is 9.84 Å². The first-order chi connectivity index (χ1) is 13.0. The van der Waals surface area contributed by atoms with Gasteiger partial charge in [-0.1, -0.05) is 35.0 Å². The summed E-state index contributed by atoms with van der Waals surface area (Å²) in [7, 11) is 0. The summed E-state index contributed by atoms with van der Waals surface area (Å²) >= 11 is 0. The van der Waals surface area contributed by atoms with E-state index in [2.05, 4.69) is 10.3 Å². The molecule has 0 saturated carbocycles. The van der Waals surface area contributed by atoms with Crippen LogP contribution in [0.4, 0.5) is 0 Å². The zero-order chi connectivity index (χ0) is 19.0. The second-order valence-electron chi connectivity index (χ2n) is 7.18. The summed E-state index contributed by atoms with van der Waals surface area (Å²) in [6, 6.07) is 8.18. The van der Waals surface area contributed by atoms with E-state index in [9.17, 15) is 9.59 Å². The SMILES string of the molecule is Cc1ccc([C@@H]2Cn3nnc(C(=O)N4CCC(C(=O)O)CC4)c3CO2)cc1. The van der Waals surface area contributed by atoms with E-state index in [0.29, 0.717) is 43.9 Å². The number of hydrogen-bond acceptors (Lipinski definition) is 5. The van der Waals surface area contributed by atoms with Crippen LogP contribution >= 0.6 is 0 Å². The molecule has 0 unspecified atom stereocenters. The molecule has 2 aliphatic rings. The number of carboxylic acid groups (broad SMARTS) is 1. The van der Waals surface area contributed by atoms with Crippen molar-refractivity contribution in [2.75, 3.05) is 13.1 Å². The molecule has 0 bridgehead atoms. The number of amides is 1. The lowest BCUT2D eigenvalue weighted by Crippen LogP contribution is -2.41. The molecule has 0 radical (unpaired) electrons. The zero-order valence-electron chi connectivity index (χ0n) is 15.2. The molecule has 4 rings (SSSR count). The van der Waals surface area contributed by atoms with Crippen LogP contribution in [0.2, 0.25) is 0 Å². The summed E-state index contributed by atoms with van der Waals surface area (Å²) in [6.45, 7) is 3.68. The molecule has 2 aliphatic heterocycles. The molecular formula is C19H22N4O4. The summed E-state index contributed by atoms with van der Waals surface area (Å²) in [5.74, 6) is -1.36. The van der Waals surface area contributed by atoms with Crippen LogP contribution in [-0.2, 0) is 22.7 Å². The summed E-state index contributed by atoms with van der Waals surface area (Å²) in [6.07, 6.45) is 0.821. The van der Waals surface area contributed by atoms with E-state index in [0.717, 1.165) is 5.56 Å². The van der Waals surface area contributed by atoms with Crippen molar-refractivity contribution in [1.82, 2.24) is 19.9 Å². The summed E-state index contributed by atoms with van der Waals surface area (Å²) in [4.78, 5) is 25.5. The maximum atomic E-state index is 12.8. The fraction of sp³-hybridized carbons (Fsp3) is 0.474. The molecule has 1 saturated heterocycles. The van der Waals surface area contributed by atoms with Crippen molar-refractivity contribution in [1.29, 1.82) is 0 Å². The number of ether oxygens (including phenoxy) is 1. The van der Waals surface area contributed by atoms with E-state index in [1.54, 1.807) is 9.58 Å². The van der Waals surface area contributed by atoms with Gasteiger partial charge in [0.25, 0.3) is 5.91 Å². The van der Waals surface area contributed by atoms with Crippen molar-refractivity contribution < 1.29 is 19.4 Å². The number of piperidine rings is 1. The molecule has 3 heterocycles. The van der Waals surface area contributed by atoms with Crippen molar-refractivity contribution in [2.45, 2.75) is 39.0 Å². The number of aliphatic carboxylic acids is 1. The van der Waals surface area contributed by atoms with Gasteiger partial charge in [-0.3, -0.25) is 9.59 Å². The van der Waals surface area contributed by atoms with Gasteiger partial charge in [0, 0.05) is 13.1 Å². The van der Waals surface area contributed by atoms with Crippen molar-refractivity contribution in [3.8, 4) is 0 Å². The Morgan fingerprint density at radius 3 is 2.56 bits per heavy atom. The van der Waals surface area contributed by atoms with Gasteiger partial charge in [-0.25, -0.2) is 4.68 Å². The van der Waals surface area contributed by atoms with Gasteiger partial charge in [-0.15, -0.1) is 5.10 Å². The average molecular weight is 370 g/mol. The van der Waals surface area contributed by atoms with E-state index in [-0.39, 0.29) is 24.5 Å². The highest BCUT2D eigenvalue weighted by atomic mass is 16.5. The lowest BCUT2D eigenvalue weighted by molar-refractivity contribution is -0.143. The van der Waals surface area contributed by atoms with Gasteiger partial charge in [0.2, 0.25) is 0 Å². The molecule has 142 valence electrons. The number of aryl methyl sites for hydroxylation is 1. The zero-order valence-corrected chi connectivity index (χ0v) is 15.2. The Labute approximate surface area is 156 Å². The van der Waals surface area contributed by atoms with Crippen LogP contribution < -0.4 is 0 Å². The van der Waals surface area contributed by atoms with Gasteiger partial charge in [0.1, 0.15) is 6.10 Å². The van der Waals surface area contributed by atoms with Crippen LogP contribution in [0.1, 0.15) is 46.3 Å². The molecule has 1 aromatic heterocycles. The van der Waals surface area contributed by atoms with E-state index < -0.39 is 5.97 Å². The molecule has 1 atom stereocenters. The highest BCUT2D eigenvalue weighted by Crippen LogP contribution is 2.28. The molecule has 0 spiro atoms. The minimum absolute atomic E-state index is 0.117. The number of carboxylic acids is 1. The maximum Gasteiger partial charge on any atom is 0.306 e. The lowest BCUT2D eigenvalue weighted by Gasteiger charge is -2.30. The number of hydrogen-bond donors (Lipinski definition) is 1. The normalized spacial score (nSPS) is 20.3. The van der Waals surface area contributed by atoms with Crippen LogP contribution in [0, 0.1) is 12.8 Å². The molecule has 0 aliphatic carbocycles. The van der Waals surface area contributed by atoms with Crippen LogP contribution in [0.25, 0.3) is 0 Å². The fourth-order valence-electron chi connectivity index (χ4n) is 3.64. The predicted molar refractivity (Wildman–Crippen MR) is 95.0 cm³/mol. The van der Waals surface area contributed by atoms with Gasteiger partial charge in [0.05, 0.1) is 24.8 Å². The number of aromatic nitrogens is 3. The average Bonchev–Trinajstić information content (AvgIpc) is 3.11. The first-order valence-corrected chi connectivity index (χ1v) is 9.15. The third-order valence-electron chi connectivity index (χ3n) is 5.38. The Kier molecular flexibility index (Phi) is 4.65. The minimum Gasteiger partial charge on any atom is -0.481 e. The van der Waals surface area contributed by atoms with Crippen LogP contribution in [-0.4, -0.2) is 50.0 Å². The van der Waals surface area contributed by atoms with E-state index >= 15 is 0 Å². The lowest BCUT2D eigenvalue weighted by atomic mass is 9.97. The molecule has 2 aromatic rings. The number of carbonyl (C=O) groups is 2. The number of likely N-dealkylation sites (tertiary alicyclic amines) is 1. The van der Waals surface area contributed by atoms with Gasteiger partial charge in [-0.05, 0) is 25.3 Å². The molecule has 27 heavy (non-hydrogen) atoms. The van der Waals surface area contributed by atoms with Gasteiger partial charge in [-0.2, -0.15) is 0 Å². The molecule has 1 amide bonds. The predicted octanol–water partition coefficient (Wildman–Crippen LogP) is 1.79. The number of carbonyl (C=O) groups excluding carboxylic acids is 1. The van der Waals surface area contributed by atoms with Gasteiger partial charge in [0.15, 0.2) is 5.69 Å². The van der Waals surface area contributed by atoms with Crippen molar-refractivity contribution in [3.05, 3.63) is 46.8 Å². The quantitative estimate of drug-likeness (QED) is 0.885. The molecule has 8 heteroatoms. The van der Waals surface area contributed by atoms with E-state index in [1.807, 2.05) is 31.2 Å². The smallest absolute Gasteiger partial charge is 0.306 e. The highest BCUT2D eigenvalue weighted by molar-refractivity contribution is 5.93. The Morgan fingerprint density at radius 2 is 1.89 bits per heavy atom. The Morgan fingerprint density at radius 1 is 1.19 bits per heavy atom. The van der Waals surface area contributed by atoms with Gasteiger partial charge < -0.3 is 14.7 Å². The maximum absolute atomic E-state index is 12.8. The first-order valence-electron chi connectivity index (χ1n) is 9.15. The minimum atomic E-state index is -0.793. The molecule has 1 aromatic carbocycles. The monoisotopic (exact) mass is 370 g/mol. The van der Waals surface area contributed by atoms with Crippen LogP contribution in [0.3, 0.4) is 0 Å². The first kappa shape index (κ1) is 17.7. The summed E-state index contributed by atoms with van der Waals surface area (Å²) in [5, 5.41) is 17.3. The Hall–Kier alpha value is -2.74. The molecular weight excluding hydrogens is 348 g/mol. The van der Waals surface area contributed by atoms with Crippen LogP contribution in [0.15, 0.2) is 24.3 Å². The number of rotatable bonds is 3. The van der Waals surface area contributed by atoms with Crippen molar-refractivity contribution in [3.63, 3.8) is 0 Å². The standard InChI is InChI=1S/C19H22N4O4/c1-12-2-4-13(5-3-12)16-10-23-15(11-27-16)17(20-21-23)18(24)22-8-6-14(7-9-22)19(25)26/h2-5,14,16H,6-11H2,1H3,(H,25,26)/t16-/m0/s1. The fourth-order valence-corrected chi connectivity index (χ4v) is 3.64. The van der Waals surface area contributed by atoms with E-state index in [1.165, 1.54) is 5.56 Å². The summed E-state index contributed by atoms with van der Waals surface area (Å²) < 4.78 is 7.71. The molecule has 8 nitrogen and oxygen atoms in total. The molecule has 1 fully saturated rings. The third-order valence-corrected chi connectivity index (χ3v) is 5.38. The number of nitrogens with zero attached hydrogens (tertiary/aromatic N) is 4. The Balaban J connectivity index is 1.46. The topological polar surface area (TPSA) is 97.6 Å². The second kappa shape index (κ2) is 7.11. The summed E-state index contributed by atoms with van der Waals surface area (Å²) in [5.41, 5.74) is 3.26. The van der Waals surface area contributed by atoms with Gasteiger partial charge >= 0.3 is 5.97 Å². The van der Waals surface area contributed by atoms with Crippen LogP contribution in [0.5, 0.6) is 0 Å². The van der Waals surface area contributed by atoms with Crippen molar-refractivity contribution in [2.24, 2.45) is 5.92 Å². The van der Waals surface area contributed by atoms with Crippen molar-refractivity contribution >= 4 is 11.9 Å². The second-order valence-corrected chi connectivity index (χ2v) is 7.18. The molecule has 1 N–H and O–H groups in total. The highest BCUT2D eigenvalue weighted by Gasteiger charge is 2.32.